The highest BCUT2D eigenvalue weighted by Crippen LogP contribution is 2.29. The molecule has 1 saturated carbocycles. The molecule has 0 atom stereocenters. The van der Waals surface area contributed by atoms with E-state index >= 15 is 0 Å². The van der Waals surface area contributed by atoms with Crippen LogP contribution in [0.15, 0.2) is 36.4 Å². The predicted octanol–water partition coefficient (Wildman–Crippen LogP) is 3.40. The molecular formula is C20H23NO4. The van der Waals surface area contributed by atoms with Gasteiger partial charge < -0.3 is 15.2 Å². The number of hydrogen-bond donors (Lipinski definition) is 2. The van der Waals surface area contributed by atoms with Gasteiger partial charge in [0.05, 0.1) is 0 Å². The molecule has 0 unspecified atom stereocenters. The Morgan fingerprint density at radius 2 is 1.84 bits per heavy atom. The molecule has 0 heterocycles. The summed E-state index contributed by atoms with van der Waals surface area (Å²) in [5.41, 5.74) is 0.0676. The van der Waals surface area contributed by atoms with E-state index in [1.807, 2.05) is 12.1 Å². The number of benzene rings is 2. The lowest BCUT2D eigenvalue weighted by molar-refractivity contribution is -0.125. The normalized spacial score (nSPS) is 20.2. The molecule has 5 nitrogen and oxygen atoms in total. The summed E-state index contributed by atoms with van der Waals surface area (Å²) >= 11 is 0. The molecule has 1 aliphatic rings. The first-order valence-corrected chi connectivity index (χ1v) is 8.72. The summed E-state index contributed by atoms with van der Waals surface area (Å²) in [4.78, 5) is 24.2. The van der Waals surface area contributed by atoms with Crippen LogP contribution in [-0.4, -0.2) is 29.6 Å². The van der Waals surface area contributed by atoms with E-state index in [9.17, 15) is 14.7 Å². The maximum absolute atomic E-state index is 12.2. The van der Waals surface area contributed by atoms with Crippen molar-refractivity contribution in [2.75, 3.05) is 6.61 Å². The van der Waals surface area contributed by atoms with Gasteiger partial charge in [-0.25, -0.2) is 4.79 Å². The van der Waals surface area contributed by atoms with Crippen LogP contribution >= 0.6 is 0 Å². The van der Waals surface area contributed by atoms with E-state index in [4.69, 9.17) is 4.74 Å². The number of phenolic OH excluding ortho intramolecular Hbond substituents is 1. The molecule has 0 bridgehead atoms. The first-order valence-electron chi connectivity index (χ1n) is 8.72. The van der Waals surface area contributed by atoms with Gasteiger partial charge in [-0.2, -0.15) is 0 Å². The Hall–Kier alpha value is -2.56. The maximum Gasteiger partial charge on any atom is 0.342 e. The molecule has 1 fully saturated rings. The molecule has 0 radical (unpaired) electrons. The number of carbonyl (C=O) groups excluding carboxylic acids is 2. The van der Waals surface area contributed by atoms with Gasteiger partial charge in [0.25, 0.3) is 5.91 Å². The predicted molar refractivity (Wildman–Crippen MR) is 95.5 cm³/mol. The van der Waals surface area contributed by atoms with E-state index < -0.39 is 5.97 Å². The first-order chi connectivity index (χ1) is 12.0. The molecule has 0 aromatic heterocycles. The van der Waals surface area contributed by atoms with Crippen molar-refractivity contribution in [1.82, 2.24) is 5.32 Å². The van der Waals surface area contributed by atoms with Gasteiger partial charge in [-0.3, -0.25) is 4.79 Å². The molecule has 1 amide bonds. The third-order valence-corrected chi connectivity index (χ3v) is 4.84. The van der Waals surface area contributed by atoms with Crippen LogP contribution in [0.4, 0.5) is 0 Å². The van der Waals surface area contributed by atoms with Crippen molar-refractivity contribution >= 4 is 22.6 Å². The summed E-state index contributed by atoms with van der Waals surface area (Å²) in [5, 5.41) is 14.6. The number of esters is 1. The lowest BCUT2D eigenvalue weighted by Gasteiger charge is -2.26. The molecule has 1 aliphatic carbocycles. The summed E-state index contributed by atoms with van der Waals surface area (Å²) in [7, 11) is 0. The zero-order valence-electron chi connectivity index (χ0n) is 14.3. The number of hydrogen-bond acceptors (Lipinski definition) is 4. The summed E-state index contributed by atoms with van der Waals surface area (Å²) in [6.07, 6.45) is 4.14. The van der Waals surface area contributed by atoms with E-state index in [0.717, 1.165) is 31.1 Å². The fourth-order valence-electron chi connectivity index (χ4n) is 3.30. The second kappa shape index (κ2) is 7.55. The lowest BCUT2D eigenvalue weighted by atomic mass is 9.87. The van der Waals surface area contributed by atoms with Crippen molar-refractivity contribution in [3.63, 3.8) is 0 Å². The second-order valence-corrected chi connectivity index (χ2v) is 6.78. The molecule has 5 heteroatoms. The third-order valence-electron chi connectivity index (χ3n) is 4.84. The molecule has 25 heavy (non-hydrogen) atoms. The average molecular weight is 341 g/mol. The minimum Gasteiger partial charge on any atom is -0.506 e. The van der Waals surface area contributed by atoms with Gasteiger partial charge >= 0.3 is 5.97 Å². The quantitative estimate of drug-likeness (QED) is 0.836. The van der Waals surface area contributed by atoms with Crippen molar-refractivity contribution < 1.29 is 19.4 Å². The van der Waals surface area contributed by atoms with Gasteiger partial charge in [0, 0.05) is 11.4 Å². The van der Waals surface area contributed by atoms with Gasteiger partial charge in [0.2, 0.25) is 0 Å². The Balaban J connectivity index is 1.57. The van der Waals surface area contributed by atoms with E-state index in [1.54, 1.807) is 18.2 Å². The van der Waals surface area contributed by atoms with E-state index in [2.05, 4.69) is 12.2 Å². The minimum atomic E-state index is -0.698. The number of aromatic hydroxyl groups is 1. The zero-order valence-corrected chi connectivity index (χ0v) is 14.3. The van der Waals surface area contributed by atoms with Crippen molar-refractivity contribution in [3.05, 3.63) is 42.0 Å². The smallest absolute Gasteiger partial charge is 0.342 e. The lowest BCUT2D eigenvalue weighted by Crippen LogP contribution is -2.39. The van der Waals surface area contributed by atoms with E-state index in [1.165, 1.54) is 6.07 Å². The number of carbonyl (C=O) groups is 2. The molecule has 3 rings (SSSR count). The monoisotopic (exact) mass is 341 g/mol. The number of rotatable bonds is 4. The van der Waals surface area contributed by atoms with Crippen LogP contribution in [0, 0.1) is 5.92 Å². The van der Waals surface area contributed by atoms with E-state index in [0.29, 0.717) is 11.3 Å². The standard InChI is InChI=1S/C20H23NO4/c1-13-6-9-15(10-7-13)21-18(22)12-25-20(24)17-11-8-14-4-2-3-5-16(14)19(17)23/h2-5,8,11,13,15,23H,6-7,9-10,12H2,1H3,(H,21,22). The number of phenols is 1. The van der Waals surface area contributed by atoms with Crippen molar-refractivity contribution in [2.45, 2.75) is 38.6 Å². The Labute approximate surface area is 147 Å². The second-order valence-electron chi connectivity index (χ2n) is 6.78. The molecule has 132 valence electrons. The van der Waals surface area contributed by atoms with Crippen LogP contribution in [0.5, 0.6) is 5.75 Å². The highest BCUT2D eigenvalue weighted by atomic mass is 16.5. The third kappa shape index (κ3) is 4.10. The number of amides is 1. The summed E-state index contributed by atoms with van der Waals surface area (Å²) in [5.74, 6) is -0.407. The largest absolute Gasteiger partial charge is 0.506 e. The number of ether oxygens (including phenoxy) is 1. The van der Waals surface area contributed by atoms with Crippen LogP contribution in [-0.2, 0) is 9.53 Å². The zero-order chi connectivity index (χ0) is 17.8. The molecule has 2 aromatic rings. The highest BCUT2D eigenvalue weighted by molar-refractivity contribution is 6.01. The van der Waals surface area contributed by atoms with Gasteiger partial charge in [0.15, 0.2) is 6.61 Å². The fourth-order valence-corrected chi connectivity index (χ4v) is 3.30. The molecule has 2 aromatic carbocycles. The molecule has 0 aliphatic heterocycles. The molecule has 2 N–H and O–H groups in total. The van der Waals surface area contributed by atoms with Gasteiger partial charge in [0.1, 0.15) is 11.3 Å². The van der Waals surface area contributed by atoms with Crippen molar-refractivity contribution in [2.24, 2.45) is 5.92 Å². The molecular weight excluding hydrogens is 318 g/mol. The minimum absolute atomic E-state index is 0.0676. The van der Waals surface area contributed by atoms with Crippen LogP contribution in [0.2, 0.25) is 0 Å². The first kappa shape index (κ1) is 17.3. The van der Waals surface area contributed by atoms with Crippen LogP contribution in [0.1, 0.15) is 43.0 Å². The Kier molecular flexibility index (Phi) is 5.22. The van der Waals surface area contributed by atoms with Gasteiger partial charge in [-0.1, -0.05) is 37.3 Å². The Bertz CT molecular complexity index is 778. The Morgan fingerprint density at radius 3 is 2.60 bits per heavy atom. The fraction of sp³-hybridized carbons (Fsp3) is 0.400. The summed E-state index contributed by atoms with van der Waals surface area (Å²) < 4.78 is 5.07. The molecule has 0 saturated heterocycles. The van der Waals surface area contributed by atoms with Crippen LogP contribution in [0.3, 0.4) is 0 Å². The number of nitrogens with one attached hydrogen (secondary N) is 1. The van der Waals surface area contributed by atoms with Gasteiger partial charge in [-0.05, 0) is 43.1 Å². The molecule has 0 spiro atoms. The van der Waals surface area contributed by atoms with Crippen molar-refractivity contribution in [3.8, 4) is 5.75 Å². The SMILES string of the molecule is CC1CCC(NC(=O)COC(=O)c2ccc3ccccc3c2O)CC1. The summed E-state index contributed by atoms with van der Waals surface area (Å²) in [6, 6.07) is 10.7. The average Bonchev–Trinajstić information content (AvgIpc) is 2.62. The van der Waals surface area contributed by atoms with Crippen LogP contribution < -0.4 is 5.32 Å². The highest BCUT2D eigenvalue weighted by Gasteiger charge is 2.21. The maximum atomic E-state index is 12.2. The van der Waals surface area contributed by atoms with Gasteiger partial charge in [-0.15, -0.1) is 0 Å². The van der Waals surface area contributed by atoms with Crippen molar-refractivity contribution in [1.29, 1.82) is 0 Å². The van der Waals surface area contributed by atoms with E-state index in [-0.39, 0.29) is 29.9 Å². The Morgan fingerprint density at radius 1 is 1.12 bits per heavy atom. The number of fused-ring (bicyclic) bond motifs is 1. The topological polar surface area (TPSA) is 75.6 Å². The summed E-state index contributed by atoms with van der Waals surface area (Å²) in [6.45, 7) is 1.88. The van der Waals surface area contributed by atoms with Crippen LogP contribution in [0.25, 0.3) is 10.8 Å².